The average Bonchev–Trinajstić information content (AvgIpc) is 3.27. The van der Waals surface area contributed by atoms with E-state index in [1.54, 1.807) is 31.2 Å². The zero-order valence-electron chi connectivity index (χ0n) is 19.0. The summed E-state index contributed by atoms with van der Waals surface area (Å²) in [5.74, 6) is -1.60. The van der Waals surface area contributed by atoms with Gasteiger partial charge in [0.15, 0.2) is 23.9 Å². The second-order valence-electron chi connectivity index (χ2n) is 7.81. The number of rotatable bonds is 9. The fourth-order valence-electron chi connectivity index (χ4n) is 3.24. The number of hydrogen-bond donors (Lipinski definition) is 2. The Labute approximate surface area is 201 Å². The Balaban J connectivity index is 1.64. The molecule has 0 unspecified atom stereocenters. The summed E-state index contributed by atoms with van der Waals surface area (Å²) in [5.41, 5.74) is 0.784. The Morgan fingerprint density at radius 3 is 2.35 bits per heavy atom. The lowest BCUT2D eigenvalue weighted by molar-refractivity contribution is -0.150. The second kappa shape index (κ2) is 11.0. The van der Waals surface area contributed by atoms with Crippen molar-refractivity contribution >= 4 is 40.9 Å². The molecule has 34 heavy (non-hydrogen) atoms. The first-order chi connectivity index (χ1) is 16.2. The second-order valence-corrected chi connectivity index (χ2v) is 8.24. The van der Waals surface area contributed by atoms with Gasteiger partial charge in [-0.2, -0.15) is 0 Å². The van der Waals surface area contributed by atoms with Gasteiger partial charge in [-0.3, -0.25) is 14.4 Å². The molecule has 0 aliphatic carbocycles. The van der Waals surface area contributed by atoms with E-state index in [-0.39, 0.29) is 29.7 Å². The predicted octanol–water partition coefficient (Wildman–Crippen LogP) is 3.60. The Morgan fingerprint density at radius 2 is 1.74 bits per heavy atom. The van der Waals surface area contributed by atoms with Crippen LogP contribution in [0.1, 0.15) is 47.9 Å². The number of Topliss-reactive ketones (excluding diaryl/α,β-unsaturated/α-hetero) is 1. The number of ketones is 1. The van der Waals surface area contributed by atoms with E-state index in [1.807, 2.05) is 6.92 Å². The lowest BCUT2D eigenvalue weighted by Gasteiger charge is -2.22. The number of esters is 1. The summed E-state index contributed by atoms with van der Waals surface area (Å²) in [5, 5.41) is 5.71. The molecule has 0 radical (unpaired) electrons. The quantitative estimate of drug-likeness (QED) is 0.408. The molecule has 2 amide bonds. The summed E-state index contributed by atoms with van der Waals surface area (Å²) in [4.78, 5) is 49.7. The summed E-state index contributed by atoms with van der Waals surface area (Å²) >= 11 is 5.85. The van der Waals surface area contributed by atoms with Crippen molar-refractivity contribution in [3.63, 3.8) is 0 Å². The zero-order chi connectivity index (χ0) is 24.8. The highest BCUT2D eigenvalue weighted by molar-refractivity contribution is 6.30. The van der Waals surface area contributed by atoms with Crippen LogP contribution in [0.3, 0.4) is 0 Å². The molecule has 2 N–H and O–H groups in total. The van der Waals surface area contributed by atoms with Gasteiger partial charge in [-0.1, -0.05) is 31.9 Å². The van der Waals surface area contributed by atoms with E-state index in [1.165, 1.54) is 19.1 Å². The van der Waals surface area contributed by atoms with Gasteiger partial charge in [0, 0.05) is 22.2 Å². The number of nitrogens with one attached hydrogen (secondary N) is 2. The number of benzene rings is 2. The molecule has 3 rings (SSSR count). The van der Waals surface area contributed by atoms with Crippen LogP contribution in [-0.2, 0) is 14.3 Å². The van der Waals surface area contributed by atoms with E-state index in [0.717, 1.165) is 0 Å². The van der Waals surface area contributed by atoms with E-state index < -0.39 is 30.4 Å². The average molecular weight is 489 g/mol. The van der Waals surface area contributed by atoms with Crippen molar-refractivity contribution in [2.45, 2.75) is 33.2 Å². The molecule has 1 heterocycles. The van der Waals surface area contributed by atoms with Gasteiger partial charge in [0.05, 0.1) is 5.69 Å². The van der Waals surface area contributed by atoms with Gasteiger partial charge in [0.1, 0.15) is 6.04 Å². The highest BCUT2D eigenvalue weighted by Crippen LogP contribution is 2.37. The van der Waals surface area contributed by atoms with E-state index in [4.69, 9.17) is 25.8 Å². The Morgan fingerprint density at radius 1 is 1.09 bits per heavy atom. The molecule has 0 saturated heterocycles. The van der Waals surface area contributed by atoms with Crippen LogP contribution in [0.5, 0.6) is 11.5 Å². The maximum atomic E-state index is 12.7. The van der Waals surface area contributed by atoms with Crippen LogP contribution in [0, 0.1) is 5.92 Å². The number of amides is 2. The first kappa shape index (κ1) is 25.0. The van der Waals surface area contributed by atoms with Crippen molar-refractivity contribution in [1.82, 2.24) is 5.32 Å². The Hall–Kier alpha value is -3.59. The molecule has 2 aromatic carbocycles. The lowest BCUT2D eigenvalue weighted by atomic mass is 9.99. The van der Waals surface area contributed by atoms with Gasteiger partial charge in [-0.25, -0.2) is 4.79 Å². The molecule has 0 spiro atoms. The van der Waals surface area contributed by atoms with Crippen LogP contribution >= 0.6 is 11.6 Å². The highest BCUT2D eigenvalue weighted by atomic mass is 35.5. The topological polar surface area (TPSA) is 120 Å². The van der Waals surface area contributed by atoms with E-state index in [9.17, 15) is 19.2 Å². The molecule has 0 fully saturated rings. The molecule has 180 valence electrons. The normalized spacial score (nSPS) is 13.5. The largest absolute Gasteiger partial charge is 0.454 e. The maximum Gasteiger partial charge on any atom is 0.329 e. The monoisotopic (exact) mass is 488 g/mol. The van der Waals surface area contributed by atoms with Gasteiger partial charge in [0.25, 0.3) is 11.8 Å². The number of ether oxygens (including phenoxy) is 3. The molecule has 0 bridgehead atoms. The van der Waals surface area contributed by atoms with Crippen molar-refractivity contribution in [3.8, 4) is 11.5 Å². The van der Waals surface area contributed by atoms with Crippen LogP contribution in [0.2, 0.25) is 5.02 Å². The van der Waals surface area contributed by atoms with Crippen LogP contribution in [-0.4, -0.2) is 43.0 Å². The molecule has 1 aliphatic heterocycles. The summed E-state index contributed by atoms with van der Waals surface area (Å²) in [6, 6.07) is 8.24. The van der Waals surface area contributed by atoms with Crippen LogP contribution in [0.15, 0.2) is 36.4 Å². The van der Waals surface area contributed by atoms with Crippen molar-refractivity contribution in [2.24, 2.45) is 5.92 Å². The SMILES string of the molecule is CC[C@H](C)[C@H](NC(=O)c1ccc(Cl)cc1)C(=O)OCC(=O)Nc1cc2c(cc1C(C)=O)OCO2. The van der Waals surface area contributed by atoms with E-state index in [2.05, 4.69) is 10.6 Å². The van der Waals surface area contributed by atoms with E-state index in [0.29, 0.717) is 28.5 Å². The number of anilines is 1. The maximum absolute atomic E-state index is 12.7. The first-order valence-corrected chi connectivity index (χ1v) is 11.0. The number of halogens is 1. The molecular weight excluding hydrogens is 464 g/mol. The number of carbonyl (C=O) groups excluding carboxylic acids is 4. The van der Waals surface area contributed by atoms with Gasteiger partial charge in [0.2, 0.25) is 6.79 Å². The van der Waals surface area contributed by atoms with E-state index >= 15 is 0 Å². The minimum atomic E-state index is -0.959. The minimum absolute atomic E-state index is 0.0143. The standard InChI is InChI=1S/C24H25ClN2O7/c1-4-13(2)22(27-23(30)15-5-7-16(25)8-6-15)24(31)32-11-21(29)26-18-10-20-19(33-12-34-20)9-17(18)14(3)28/h5-10,13,22H,4,11-12H2,1-3H3,(H,26,29)(H,27,30)/t13-,22-/m0/s1. The lowest BCUT2D eigenvalue weighted by Crippen LogP contribution is -2.46. The van der Waals surface area contributed by atoms with Gasteiger partial charge < -0.3 is 24.8 Å². The summed E-state index contributed by atoms with van der Waals surface area (Å²) in [6.07, 6.45) is 0.589. The molecule has 2 atom stereocenters. The van der Waals surface area contributed by atoms with Gasteiger partial charge in [-0.15, -0.1) is 0 Å². The summed E-state index contributed by atoms with van der Waals surface area (Å²) < 4.78 is 15.7. The molecule has 0 saturated carbocycles. The third-order valence-electron chi connectivity index (χ3n) is 5.37. The predicted molar refractivity (Wildman–Crippen MR) is 124 cm³/mol. The van der Waals surface area contributed by atoms with Crippen LogP contribution < -0.4 is 20.1 Å². The zero-order valence-corrected chi connectivity index (χ0v) is 19.7. The van der Waals surface area contributed by atoms with Crippen molar-refractivity contribution in [3.05, 3.63) is 52.5 Å². The van der Waals surface area contributed by atoms with Crippen molar-refractivity contribution < 1.29 is 33.4 Å². The summed E-state index contributed by atoms with van der Waals surface area (Å²) in [6.45, 7) is 4.43. The fourth-order valence-corrected chi connectivity index (χ4v) is 3.37. The molecule has 1 aliphatic rings. The van der Waals surface area contributed by atoms with Crippen LogP contribution in [0.25, 0.3) is 0 Å². The number of hydrogen-bond acceptors (Lipinski definition) is 7. The molecule has 9 nitrogen and oxygen atoms in total. The Kier molecular flexibility index (Phi) is 8.12. The fraction of sp³-hybridized carbons (Fsp3) is 0.333. The number of carbonyl (C=O) groups is 4. The Bertz CT molecular complexity index is 1100. The molecule has 0 aromatic heterocycles. The summed E-state index contributed by atoms with van der Waals surface area (Å²) in [7, 11) is 0. The molecular formula is C24H25ClN2O7. The molecule has 10 heteroatoms. The molecule has 2 aromatic rings. The van der Waals surface area contributed by atoms with Crippen LogP contribution in [0.4, 0.5) is 5.69 Å². The minimum Gasteiger partial charge on any atom is -0.454 e. The van der Waals surface area contributed by atoms with Gasteiger partial charge >= 0.3 is 5.97 Å². The van der Waals surface area contributed by atoms with Gasteiger partial charge in [-0.05, 0) is 43.2 Å². The third-order valence-corrected chi connectivity index (χ3v) is 5.62. The first-order valence-electron chi connectivity index (χ1n) is 10.7. The van der Waals surface area contributed by atoms with Crippen molar-refractivity contribution in [2.75, 3.05) is 18.7 Å². The highest BCUT2D eigenvalue weighted by Gasteiger charge is 2.28. The third kappa shape index (κ3) is 6.05. The number of fused-ring (bicyclic) bond motifs is 1. The van der Waals surface area contributed by atoms with Crippen molar-refractivity contribution in [1.29, 1.82) is 0 Å². The smallest absolute Gasteiger partial charge is 0.329 e.